The first kappa shape index (κ1) is 20.0. The summed E-state index contributed by atoms with van der Waals surface area (Å²) >= 11 is 0. The lowest BCUT2D eigenvalue weighted by Crippen LogP contribution is -2.50. The molecule has 0 bridgehead atoms. The molecule has 0 saturated carbocycles. The van der Waals surface area contributed by atoms with Crippen LogP contribution in [0.4, 0.5) is 5.69 Å². The number of carboxylic acid groups (broad SMARTS) is 1. The number of anilines is 1. The standard InChI is InChI=1S/C24H27N3O3/c1-16-7-8-20-19(13-16)14-21(24(29)30)27(20)15-22(28)25-9-11-26(12-10-25)23-17(2)5-4-6-18(23)3/h4-8,13-14H,9-12,15H2,1-3H3,(H,29,30). The van der Waals surface area contributed by atoms with Crippen LogP contribution < -0.4 is 4.90 Å². The third-order valence-corrected chi connectivity index (χ3v) is 5.96. The predicted molar refractivity (Wildman–Crippen MR) is 118 cm³/mol. The minimum Gasteiger partial charge on any atom is -0.477 e. The van der Waals surface area contributed by atoms with Gasteiger partial charge < -0.3 is 19.5 Å². The zero-order chi connectivity index (χ0) is 21.4. The molecule has 0 spiro atoms. The Morgan fingerprint density at radius 1 is 0.933 bits per heavy atom. The number of para-hydroxylation sites is 1. The van der Waals surface area contributed by atoms with Crippen LogP contribution in [-0.2, 0) is 11.3 Å². The molecule has 3 aromatic rings. The normalized spacial score (nSPS) is 14.4. The van der Waals surface area contributed by atoms with Crippen molar-refractivity contribution in [3.05, 3.63) is 64.8 Å². The summed E-state index contributed by atoms with van der Waals surface area (Å²) in [5.74, 6) is -1.06. The van der Waals surface area contributed by atoms with Gasteiger partial charge in [0.05, 0.1) is 0 Å². The van der Waals surface area contributed by atoms with Crippen molar-refractivity contribution >= 4 is 28.5 Å². The van der Waals surface area contributed by atoms with Crippen LogP contribution in [0, 0.1) is 20.8 Å². The van der Waals surface area contributed by atoms with Gasteiger partial charge in [-0.1, -0.05) is 29.8 Å². The van der Waals surface area contributed by atoms with Gasteiger partial charge in [-0.15, -0.1) is 0 Å². The lowest BCUT2D eigenvalue weighted by Gasteiger charge is -2.37. The van der Waals surface area contributed by atoms with Gasteiger partial charge in [0.1, 0.15) is 12.2 Å². The third kappa shape index (κ3) is 3.65. The number of hydrogen-bond acceptors (Lipinski definition) is 3. The summed E-state index contributed by atoms with van der Waals surface area (Å²) in [6, 6.07) is 13.7. The fourth-order valence-electron chi connectivity index (χ4n) is 4.46. The first-order valence-corrected chi connectivity index (χ1v) is 10.3. The van der Waals surface area contributed by atoms with E-state index in [-0.39, 0.29) is 18.1 Å². The first-order chi connectivity index (χ1) is 14.3. The van der Waals surface area contributed by atoms with E-state index >= 15 is 0 Å². The number of hydrogen-bond donors (Lipinski definition) is 1. The minimum atomic E-state index is -1.02. The number of aromatic carboxylic acids is 1. The van der Waals surface area contributed by atoms with Gasteiger partial charge in [0.2, 0.25) is 5.91 Å². The summed E-state index contributed by atoms with van der Waals surface area (Å²) in [6.07, 6.45) is 0. The average Bonchev–Trinajstić information content (AvgIpc) is 3.06. The van der Waals surface area contributed by atoms with Crippen LogP contribution in [-0.4, -0.2) is 52.6 Å². The predicted octanol–water partition coefficient (Wildman–Crippen LogP) is 3.61. The van der Waals surface area contributed by atoms with E-state index in [1.54, 1.807) is 10.6 Å². The van der Waals surface area contributed by atoms with Gasteiger partial charge in [0.15, 0.2) is 0 Å². The molecule has 0 radical (unpaired) electrons. The van der Waals surface area contributed by atoms with Gasteiger partial charge in [0.25, 0.3) is 0 Å². The zero-order valence-electron chi connectivity index (χ0n) is 17.7. The van der Waals surface area contributed by atoms with Crippen molar-refractivity contribution in [2.45, 2.75) is 27.3 Å². The molecule has 1 aromatic heterocycles. The van der Waals surface area contributed by atoms with Gasteiger partial charge >= 0.3 is 5.97 Å². The van der Waals surface area contributed by atoms with E-state index in [0.29, 0.717) is 13.1 Å². The maximum Gasteiger partial charge on any atom is 0.352 e. The van der Waals surface area contributed by atoms with Crippen molar-refractivity contribution in [2.75, 3.05) is 31.1 Å². The van der Waals surface area contributed by atoms with Gasteiger partial charge in [-0.2, -0.15) is 0 Å². The molecular formula is C24H27N3O3. The second-order valence-corrected chi connectivity index (χ2v) is 8.09. The Bertz CT molecular complexity index is 1100. The number of carbonyl (C=O) groups is 2. The number of aromatic nitrogens is 1. The number of piperazine rings is 1. The third-order valence-electron chi connectivity index (χ3n) is 5.96. The quantitative estimate of drug-likeness (QED) is 0.720. The van der Waals surface area contributed by atoms with E-state index in [9.17, 15) is 14.7 Å². The Morgan fingerprint density at radius 3 is 2.23 bits per heavy atom. The van der Waals surface area contributed by atoms with E-state index in [0.717, 1.165) is 29.6 Å². The Morgan fingerprint density at radius 2 is 1.60 bits per heavy atom. The van der Waals surface area contributed by atoms with E-state index < -0.39 is 5.97 Å². The number of rotatable bonds is 4. The summed E-state index contributed by atoms with van der Waals surface area (Å²) in [5, 5.41) is 10.5. The van der Waals surface area contributed by atoms with Crippen molar-refractivity contribution in [2.24, 2.45) is 0 Å². The first-order valence-electron chi connectivity index (χ1n) is 10.3. The fraction of sp³-hybridized carbons (Fsp3) is 0.333. The molecule has 6 heteroatoms. The Labute approximate surface area is 176 Å². The van der Waals surface area contributed by atoms with E-state index in [4.69, 9.17) is 0 Å². The van der Waals surface area contributed by atoms with Crippen molar-refractivity contribution in [1.29, 1.82) is 0 Å². The Hall–Kier alpha value is -3.28. The molecule has 1 fully saturated rings. The number of fused-ring (bicyclic) bond motifs is 1. The van der Waals surface area contributed by atoms with E-state index in [1.807, 2.05) is 30.0 Å². The molecule has 2 aromatic carbocycles. The number of carbonyl (C=O) groups excluding carboxylic acids is 1. The summed E-state index contributed by atoms with van der Waals surface area (Å²) in [7, 11) is 0. The highest BCUT2D eigenvalue weighted by molar-refractivity contribution is 5.96. The van der Waals surface area contributed by atoms with Crippen LogP contribution in [0.1, 0.15) is 27.2 Å². The molecule has 0 unspecified atom stereocenters. The monoisotopic (exact) mass is 405 g/mol. The Balaban J connectivity index is 1.51. The van der Waals surface area contributed by atoms with Gasteiger partial charge in [-0.25, -0.2) is 4.79 Å². The summed E-state index contributed by atoms with van der Waals surface area (Å²) in [6.45, 7) is 9.05. The average molecular weight is 405 g/mol. The van der Waals surface area contributed by atoms with E-state index in [2.05, 4.69) is 36.9 Å². The minimum absolute atomic E-state index is 0.0393. The number of amides is 1. The molecule has 4 rings (SSSR count). The molecule has 30 heavy (non-hydrogen) atoms. The van der Waals surface area contributed by atoms with Gasteiger partial charge in [0, 0.05) is 42.8 Å². The van der Waals surface area contributed by atoms with Crippen LogP contribution in [0.3, 0.4) is 0 Å². The molecule has 156 valence electrons. The molecule has 2 heterocycles. The van der Waals surface area contributed by atoms with Crippen LogP contribution in [0.5, 0.6) is 0 Å². The zero-order valence-corrected chi connectivity index (χ0v) is 17.7. The molecule has 1 N–H and O–H groups in total. The van der Waals surface area contributed by atoms with Gasteiger partial charge in [-0.05, 0) is 50.1 Å². The maximum atomic E-state index is 13.0. The molecule has 1 amide bonds. The second-order valence-electron chi connectivity index (χ2n) is 8.09. The summed E-state index contributed by atoms with van der Waals surface area (Å²) in [4.78, 5) is 28.9. The molecule has 1 aliphatic rings. The summed E-state index contributed by atoms with van der Waals surface area (Å²) < 4.78 is 1.62. The van der Waals surface area contributed by atoms with Crippen LogP contribution in [0.2, 0.25) is 0 Å². The highest BCUT2D eigenvalue weighted by Gasteiger charge is 2.25. The molecule has 1 aliphatic heterocycles. The van der Waals surface area contributed by atoms with Crippen molar-refractivity contribution in [1.82, 2.24) is 9.47 Å². The molecule has 6 nitrogen and oxygen atoms in total. The van der Waals surface area contributed by atoms with Crippen LogP contribution >= 0.6 is 0 Å². The highest BCUT2D eigenvalue weighted by Crippen LogP contribution is 2.26. The van der Waals surface area contributed by atoms with Crippen LogP contribution in [0.15, 0.2) is 42.5 Å². The fourth-order valence-corrected chi connectivity index (χ4v) is 4.46. The van der Waals surface area contributed by atoms with Crippen molar-refractivity contribution in [3.63, 3.8) is 0 Å². The molecule has 0 aliphatic carbocycles. The lowest BCUT2D eigenvalue weighted by atomic mass is 10.1. The summed E-state index contributed by atoms with van der Waals surface area (Å²) in [5.41, 5.74) is 5.73. The second kappa shape index (κ2) is 7.86. The SMILES string of the molecule is Cc1ccc2c(c1)cc(C(=O)O)n2CC(=O)N1CCN(c2c(C)cccc2C)CC1. The molecular weight excluding hydrogens is 378 g/mol. The van der Waals surface area contributed by atoms with Crippen molar-refractivity contribution < 1.29 is 14.7 Å². The number of aryl methyl sites for hydroxylation is 3. The molecule has 1 saturated heterocycles. The number of benzene rings is 2. The maximum absolute atomic E-state index is 13.0. The number of carboxylic acids is 1. The topological polar surface area (TPSA) is 65.8 Å². The smallest absolute Gasteiger partial charge is 0.352 e. The van der Waals surface area contributed by atoms with Gasteiger partial charge in [-0.3, -0.25) is 4.79 Å². The Kier molecular flexibility index (Phi) is 5.24. The van der Waals surface area contributed by atoms with Crippen LogP contribution in [0.25, 0.3) is 10.9 Å². The molecule has 0 atom stereocenters. The lowest BCUT2D eigenvalue weighted by molar-refractivity contribution is -0.132. The number of nitrogens with zero attached hydrogens (tertiary/aromatic N) is 3. The van der Waals surface area contributed by atoms with E-state index in [1.165, 1.54) is 16.8 Å². The van der Waals surface area contributed by atoms with Crippen molar-refractivity contribution in [3.8, 4) is 0 Å². The largest absolute Gasteiger partial charge is 0.477 e. The highest BCUT2D eigenvalue weighted by atomic mass is 16.4.